The second kappa shape index (κ2) is 7.10. The summed E-state index contributed by atoms with van der Waals surface area (Å²) in [6, 6.07) is 0.238. The number of rotatable bonds is 3. The zero-order valence-electron chi connectivity index (χ0n) is 13.2. The van der Waals surface area contributed by atoms with Crippen molar-refractivity contribution in [2.24, 2.45) is 11.8 Å². The topological polar surface area (TPSA) is 66.4 Å². The van der Waals surface area contributed by atoms with Gasteiger partial charge in [-0.2, -0.15) is 0 Å². The lowest BCUT2D eigenvalue weighted by Crippen LogP contribution is -2.44. The number of aliphatic carboxylic acids is 1. The molecule has 0 spiro atoms. The Hall–Kier alpha value is -1.32. The number of carbonyl (C=O) groups is 2. The second-order valence-electron chi connectivity index (χ2n) is 6.72. The van der Waals surface area contributed by atoms with Gasteiger partial charge in [0.05, 0.1) is 11.8 Å². The molecule has 118 valence electrons. The van der Waals surface area contributed by atoms with Crippen molar-refractivity contribution in [1.29, 1.82) is 0 Å². The highest BCUT2D eigenvalue weighted by atomic mass is 16.4. The van der Waals surface area contributed by atoms with Gasteiger partial charge in [-0.25, -0.2) is 0 Å². The zero-order chi connectivity index (χ0) is 15.4. The zero-order valence-corrected chi connectivity index (χ0v) is 13.2. The van der Waals surface area contributed by atoms with Crippen LogP contribution in [0.1, 0.15) is 65.2 Å². The molecule has 4 nitrogen and oxygen atoms in total. The van der Waals surface area contributed by atoms with Crippen molar-refractivity contribution in [3.05, 3.63) is 11.1 Å². The normalized spacial score (nSPS) is 28.1. The van der Waals surface area contributed by atoms with E-state index < -0.39 is 17.8 Å². The van der Waals surface area contributed by atoms with Crippen molar-refractivity contribution in [2.45, 2.75) is 71.3 Å². The van der Waals surface area contributed by atoms with E-state index >= 15 is 0 Å². The van der Waals surface area contributed by atoms with Crippen LogP contribution < -0.4 is 5.32 Å². The van der Waals surface area contributed by atoms with Crippen LogP contribution >= 0.6 is 0 Å². The van der Waals surface area contributed by atoms with E-state index in [1.165, 1.54) is 18.4 Å². The third-order valence-electron chi connectivity index (χ3n) is 5.12. The Kier molecular flexibility index (Phi) is 5.43. The fourth-order valence-electron chi connectivity index (χ4n) is 3.56. The molecule has 2 N–H and O–H groups in total. The number of carbonyl (C=O) groups excluding carboxylic acids is 1. The van der Waals surface area contributed by atoms with E-state index in [2.05, 4.69) is 5.32 Å². The highest BCUT2D eigenvalue weighted by Gasteiger charge is 2.37. The first-order valence-electron chi connectivity index (χ1n) is 8.17. The number of nitrogens with one attached hydrogen (secondary N) is 1. The van der Waals surface area contributed by atoms with Gasteiger partial charge in [-0.05, 0) is 39.5 Å². The van der Waals surface area contributed by atoms with E-state index in [0.29, 0.717) is 12.8 Å². The quantitative estimate of drug-likeness (QED) is 0.620. The maximum absolute atomic E-state index is 12.5. The van der Waals surface area contributed by atoms with Gasteiger partial charge in [0, 0.05) is 6.04 Å². The first kappa shape index (κ1) is 16.1. The molecule has 0 bridgehead atoms. The van der Waals surface area contributed by atoms with Crippen LogP contribution in [0, 0.1) is 11.8 Å². The van der Waals surface area contributed by atoms with Crippen LogP contribution in [-0.4, -0.2) is 23.0 Å². The summed E-state index contributed by atoms with van der Waals surface area (Å²) >= 11 is 0. The molecule has 0 heterocycles. The molecular formula is C17H27NO3. The highest BCUT2D eigenvalue weighted by molar-refractivity contribution is 5.85. The van der Waals surface area contributed by atoms with Crippen molar-refractivity contribution >= 4 is 11.9 Å². The standard InChI is InChI=1S/C17H27NO3/c1-11-9-14(15(17(20)21)10-12(11)2)16(19)18-13-7-5-3-4-6-8-13/h13-15H,3-10H2,1-2H3,(H,18,19)(H,20,21)/t14-,15+/m0/s1. The Labute approximate surface area is 127 Å². The monoisotopic (exact) mass is 293 g/mol. The van der Waals surface area contributed by atoms with Gasteiger partial charge in [-0.15, -0.1) is 0 Å². The summed E-state index contributed by atoms with van der Waals surface area (Å²) < 4.78 is 0. The van der Waals surface area contributed by atoms with E-state index in [-0.39, 0.29) is 11.9 Å². The van der Waals surface area contributed by atoms with Crippen molar-refractivity contribution in [3.8, 4) is 0 Å². The van der Waals surface area contributed by atoms with Crippen molar-refractivity contribution in [2.75, 3.05) is 0 Å². The minimum atomic E-state index is -0.845. The van der Waals surface area contributed by atoms with Crippen molar-refractivity contribution < 1.29 is 14.7 Å². The van der Waals surface area contributed by atoms with E-state index in [9.17, 15) is 14.7 Å². The van der Waals surface area contributed by atoms with Crippen LogP contribution in [-0.2, 0) is 9.59 Å². The molecule has 4 heteroatoms. The van der Waals surface area contributed by atoms with E-state index in [4.69, 9.17) is 0 Å². The largest absolute Gasteiger partial charge is 0.481 e. The Morgan fingerprint density at radius 3 is 2.00 bits per heavy atom. The number of carboxylic acid groups (broad SMARTS) is 1. The van der Waals surface area contributed by atoms with Gasteiger partial charge in [0.25, 0.3) is 0 Å². The number of hydrogen-bond donors (Lipinski definition) is 2. The van der Waals surface area contributed by atoms with Gasteiger partial charge in [-0.3, -0.25) is 9.59 Å². The van der Waals surface area contributed by atoms with Crippen LogP contribution in [0.2, 0.25) is 0 Å². The van der Waals surface area contributed by atoms with Gasteiger partial charge >= 0.3 is 5.97 Å². The van der Waals surface area contributed by atoms with Gasteiger partial charge in [0.15, 0.2) is 0 Å². The molecule has 2 rings (SSSR count). The Morgan fingerprint density at radius 2 is 1.48 bits per heavy atom. The molecule has 0 unspecified atom stereocenters. The molecular weight excluding hydrogens is 266 g/mol. The van der Waals surface area contributed by atoms with Crippen LogP contribution in [0.3, 0.4) is 0 Å². The molecule has 1 saturated carbocycles. The maximum atomic E-state index is 12.5. The molecule has 2 aliphatic rings. The third-order valence-corrected chi connectivity index (χ3v) is 5.12. The number of amides is 1. The van der Waals surface area contributed by atoms with E-state index in [1.54, 1.807) is 0 Å². The first-order chi connectivity index (χ1) is 9.99. The molecule has 2 aliphatic carbocycles. The fourth-order valence-corrected chi connectivity index (χ4v) is 3.56. The smallest absolute Gasteiger partial charge is 0.307 e. The third kappa shape index (κ3) is 4.08. The first-order valence-corrected chi connectivity index (χ1v) is 8.17. The molecule has 0 aromatic heterocycles. The predicted octanol–water partition coefficient (Wildman–Crippen LogP) is 3.27. The lowest BCUT2D eigenvalue weighted by Gasteiger charge is -2.31. The minimum absolute atomic E-state index is 0.0545. The van der Waals surface area contributed by atoms with E-state index in [1.807, 2.05) is 13.8 Å². The Morgan fingerprint density at radius 1 is 0.952 bits per heavy atom. The molecule has 0 aromatic carbocycles. The molecule has 1 amide bonds. The molecule has 0 radical (unpaired) electrons. The molecule has 2 atom stereocenters. The average Bonchev–Trinajstić information content (AvgIpc) is 2.69. The second-order valence-corrected chi connectivity index (χ2v) is 6.72. The van der Waals surface area contributed by atoms with Crippen LogP contribution in [0.15, 0.2) is 11.1 Å². The lowest BCUT2D eigenvalue weighted by molar-refractivity contribution is -0.147. The van der Waals surface area contributed by atoms with Gasteiger partial charge in [-0.1, -0.05) is 36.8 Å². The van der Waals surface area contributed by atoms with Crippen LogP contribution in [0.5, 0.6) is 0 Å². The fraction of sp³-hybridized carbons (Fsp3) is 0.765. The lowest BCUT2D eigenvalue weighted by atomic mass is 9.76. The molecule has 0 saturated heterocycles. The average molecular weight is 293 g/mol. The van der Waals surface area contributed by atoms with Crippen LogP contribution in [0.4, 0.5) is 0 Å². The summed E-state index contributed by atoms with van der Waals surface area (Å²) in [5.74, 6) is -1.88. The number of hydrogen-bond acceptors (Lipinski definition) is 2. The summed E-state index contributed by atoms with van der Waals surface area (Å²) in [6.07, 6.45) is 7.97. The van der Waals surface area contributed by atoms with Crippen LogP contribution in [0.25, 0.3) is 0 Å². The summed E-state index contributed by atoms with van der Waals surface area (Å²) in [7, 11) is 0. The Balaban J connectivity index is 2.03. The number of carboxylic acids is 1. The summed E-state index contributed by atoms with van der Waals surface area (Å²) in [6.45, 7) is 3.99. The van der Waals surface area contributed by atoms with Gasteiger partial charge in [0.1, 0.15) is 0 Å². The summed E-state index contributed by atoms with van der Waals surface area (Å²) in [4.78, 5) is 24.0. The SMILES string of the molecule is CC1=C(C)C[C@@H](C(=O)O)[C@@H](C(=O)NC2CCCCCC2)C1. The molecule has 21 heavy (non-hydrogen) atoms. The predicted molar refractivity (Wildman–Crippen MR) is 81.9 cm³/mol. The van der Waals surface area contributed by atoms with Gasteiger partial charge < -0.3 is 10.4 Å². The maximum Gasteiger partial charge on any atom is 0.307 e. The summed E-state index contributed by atoms with van der Waals surface area (Å²) in [5.41, 5.74) is 2.30. The minimum Gasteiger partial charge on any atom is -0.481 e. The highest BCUT2D eigenvalue weighted by Crippen LogP contribution is 2.34. The van der Waals surface area contributed by atoms with Crippen molar-refractivity contribution in [1.82, 2.24) is 5.32 Å². The van der Waals surface area contributed by atoms with Gasteiger partial charge in [0.2, 0.25) is 5.91 Å². The molecule has 1 fully saturated rings. The molecule has 0 aromatic rings. The van der Waals surface area contributed by atoms with E-state index in [0.717, 1.165) is 31.3 Å². The molecule has 0 aliphatic heterocycles. The number of allylic oxidation sites excluding steroid dienone is 2. The van der Waals surface area contributed by atoms with Crippen molar-refractivity contribution in [3.63, 3.8) is 0 Å². The summed E-state index contributed by atoms with van der Waals surface area (Å²) in [5, 5.41) is 12.5. The Bertz CT molecular complexity index is 433.